The van der Waals surface area contributed by atoms with Gasteiger partial charge in [0.05, 0.1) is 7.11 Å². The molecule has 2 unspecified atom stereocenters. The Hall–Kier alpha value is -2.27. The fraction of sp³-hybridized carbons (Fsp3) is 0.560. The van der Waals surface area contributed by atoms with Gasteiger partial charge in [-0.05, 0) is 56.4 Å². The van der Waals surface area contributed by atoms with Gasteiger partial charge < -0.3 is 14.2 Å². The maximum atomic E-state index is 13.0. The molecule has 3 aliphatic rings. The van der Waals surface area contributed by atoms with Crippen LogP contribution in [0.1, 0.15) is 57.2 Å². The first-order valence-corrected chi connectivity index (χ1v) is 10.9. The molecule has 2 heterocycles. The van der Waals surface area contributed by atoms with Crippen molar-refractivity contribution >= 4 is 5.78 Å². The van der Waals surface area contributed by atoms with E-state index in [9.17, 15) is 4.79 Å². The Morgan fingerprint density at radius 2 is 2.17 bits per heavy atom. The summed E-state index contributed by atoms with van der Waals surface area (Å²) in [5.41, 5.74) is 3.80. The molecule has 0 bridgehead atoms. The number of carbonyl (C=O) groups excluding carboxylic acids is 1. The van der Waals surface area contributed by atoms with Gasteiger partial charge in [0.1, 0.15) is 0 Å². The highest BCUT2D eigenvalue weighted by Crippen LogP contribution is 2.50. The van der Waals surface area contributed by atoms with E-state index in [0.717, 1.165) is 37.1 Å². The highest BCUT2D eigenvalue weighted by atomic mass is 16.7. The molecule has 1 aliphatic carbocycles. The number of carbonyl (C=O) groups is 1. The fourth-order valence-electron chi connectivity index (χ4n) is 5.23. The molecule has 0 radical (unpaired) electrons. The summed E-state index contributed by atoms with van der Waals surface area (Å²) in [6, 6.07) is 2.02. The predicted octanol–water partition coefficient (Wildman–Crippen LogP) is 4.85. The molecule has 0 fully saturated rings. The lowest BCUT2D eigenvalue weighted by atomic mass is 9.68. The molecule has 5 nitrogen and oxygen atoms in total. The monoisotopic (exact) mass is 411 g/mol. The van der Waals surface area contributed by atoms with Crippen LogP contribution in [0.15, 0.2) is 29.9 Å². The van der Waals surface area contributed by atoms with Gasteiger partial charge in [-0.15, -0.1) is 0 Å². The van der Waals surface area contributed by atoms with Crippen molar-refractivity contribution in [2.45, 2.75) is 52.5 Å². The Kier molecular flexibility index (Phi) is 5.67. The molecule has 0 aromatic heterocycles. The summed E-state index contributed by atoms with van der Waals surface area (Å²) in [6.07, 6.45) is 9.83. The van der Waals surface area contributed by atoms with E-state index in [1.807, 2.05) is 0 Å². The summed E-state index contributed by atoms with van der Waals surface area (Å²) in [5, 5.41) is 0. The molecule has 1 aromatic rings. The van der Waals surface area contributed by atoms with E-state index in [2.05, 4.69) is 50.9 Å². The quantitative estimate of drug-likeness (QED) is 0.512. The van der Waals surface area contributed by atoms with E-state index >= 15 is 0 Å². The van der Waals surface area contributed by atoms with Crippen molar-refractivity contribution in [3.8, 4) is 17.2 Å². The molecule has 2 aliphatic heterocycles. The van der Waals surface area contributed by atoms with E-state index in [4.69, 9.17) is 14.2 Å². The van der Waals surface area contributed by atoms with Gasteiger partial charge in [0.15, 0.2) is 17.3 Å². The number of methoxy groups -OCH3 is 1. The summed E-state index contributed by atoms with van der Waals surface area (Å²) in [6.45, 7) is 7.87. The van der Waals surface area contributed by atoms with E-state index in [1.165, 1.54) is 11.1 Å². The first-order valence-electron chi connectivity index (χ1n) is 10.9. The van der Waals surface area contributed by atoms with Gasteiger partial charge in [-0.3, -0.25) is 9.69 Å². The molecule has 30 heavy (non-hydrogen) atoms. The van der Waals surface area contributed by atoms with Gasteiger partial charge in [0.25, 0.3) is 0 Å². The summed E-state index contributed by atoms with van der Waals surface area (Å²) in [7, 11) is 3.73. The third kappa shape index (κ3) is 3.76. The second-order valence-electron chi connectivity index (χ2n) is 9.45. The number of fused-ring (bicyclic) bond motifs is 2. The van der Waals surface area contributed by atoms with Crippen molar-refractivity contribution in [1.29, 1.82) is 0 Å². The topological polar surface area (TPSA) is 48.0 Å². The van der Waals surface area contributed by atoms with Gasteiger partial charge in [-0.1, -0.05) is 31.6 Å². The van der Waals surface area contributed by atoms with Crippen molar-refractivity contribution in [3.05, 3.63) is 41.0 Å². The second kappa shape index (κ2) is 8.10. The lowest BCUT2D eigenvalue weighted by Crippen LogP contribution is -2.33. The summed E-state index contributed by atoms with van der Waals surface area (Å²) < 4.78 is 17.0. The molecule has 0 amide bonds. The summed E-state index contributed by atoms with van der Waals surface area (Å²) in [4.78, 5) is 15.3. The smallest absolute Gasteiger partial charge is 0.231 e. The van der Waals surface area contributed by atoms with E-state index in [0.29, 0.717) is 23.8 Å². The van der Waals surface area contributed by atoms with Gasteiger partial charge in [0.2, 0.25) is 12.5 Å². The van der Waals surface area contributed by atoms with Crippen LogP contribution < -0.4 is 14.2 Å². The van der Waals surface area contributed by atoms with Crippen molar-refractivity contribution < 1.29 is 19.0 Å². The number of ketones is 1. The van der Waals surface area contributed by atoms with Crippen LogP contribution in [-0.2, 0) is 11.2 Å². The Labute approximate surface area is 179 Å². The number of benzene rings is 1. The molecule has 0 N–H and O–H groups in total. The number of nitrogens with zero attached hydrogens (tertiary/aromatic N) is 1. The number of rotatable bonds is 5. The lowest BCUT2D eigenvalue weighted by Gasteiger charge is -2.37. The third-order valence-electron chi connectivity index (χ3n) is 7.00. The molecule has 2 atom stereocenters. The molecule has 162 valence electrons. The highest BCUT2D eigenvalue weighted by molar-refractivity contribution is 5.90. The molecule has 0 saturated carbocycles. The zero-order valence-corrected chi connectivity index (χ0v) is 18.8. The Morgan fingerprint density at radius 3 is 2.90 bits per heavy atom. The number of hydrogen-bond donors (Lipinski definition) is 0. The molecular formula is C25H33NO4. The van der Waals surface area contributed by atoms with Gasteiger partial charge in [-0.2, -0.15) is 0 Å². The maximum Gasteiger partial charge on any atom is 0.231 e. The Morgan fingerprint density at radius 1 is 1.37 bits per heavy atom. The minimum atomic E-state index is -0.0358. The summed E-state index contributed by atoms with van der Waals surface area (Å²) >= 11 is 0. The molecule has 0 saturated heterocycles. The van der Waals surface area contributed by atoms with Crippen LogP contribution in [-0.4, -0.2) is 38.2 Å². The largest absolute Gasteiger partial charge is 0.492 e. The SMILES string of the molecule is COc1c2c(cc3c1C(CC(=O)/C=C/C1C(C)=CCCC1(C)C)N(C)CC3)OCO2. The highest BCUT2D eigenvalue weighted by Gasteiger charge is 2.35. The molecular weight excluding hydrogens is 378 g/mol. The van der Waals surface area contributed by atoms with Gasteiger partial charge in [-0.25, -0.2) is 0 Å². The predicted molar refractivity (Wildman–Crippen MR) is 117 cm³/mol. The average molecular weight is 412 g/mol. The standard InChI is InChI=1S/C25H33NO4/c1-16-7-6-11-25(2,3)19(16)9-8-18(27)14-20-22-17(10-12-26(20)4)13-21-23(24(22)28-5)30-15-29-21/h7-9,13,19-20H,6,10-12,14-15H2,1-5H3/b9-8+. The minimum absolute atomic E-state index is 0.0358. The normalized spacial score (nSPS) is 25.2. The third-order valence-corrected chi connectivity index (χ3v) is 7.00. The van der Waals surface area contributed by atoms with Crippen LogP contribution in [0.25, 0.3) is 0 Å². The summed E-state index contributed by atoms with van der Waals surface area (Å²) in [5.74, 6) is 2.57. The van der Waals surface area contributed by atoms with Gasteiger partial charge in [0, 0.05) is 30.5 Å². The second-order valence-corrected chi connectivity index (χ2v) is 9.45. The first kappa shape index (κ1) is 21.0. The van der Waals surface area contributed by atoms with Gasteiger partial charge >= 0.3 is 0 Å². The van der Waals surface area contributed by atoms with Crippen molar-refractivity contribution in [1.82, 2.24) is 4.90 Å². The maximum absolute atomic E-state index is 13.0. The number of hydrogen-bond acceptors (Lipinski definition) is 5. The van der Waals surface area contributed by atoms with E-state index < -0.39 is 0 Å². The van der Waals surface area contributed by atoms with Crippen molar-refractivity contribution in [2.24, 2.45) is 11.3 Å². The Bertz CT molecular complexity index is 899. The fourth-order valence-corrected chi connectivity index (χ4v) is 5.23. The van der Waals surface area contributed by atoms with Crippen LogP contribution in [0.2, 0.25) is 0 Å². The number of ether oxygens (including phenoxy) is 3. The zero-order valence-electron chi connectivity index (χ0n) is 18.8. The van der Waals surface area contributed by atoms with Crippen molar-refractivity contribution in [3.63, 3.8) is 0 Å². The number of likely N-dealkylation sites (N-methyl/N-ethyl adjacent to an activating group) is 1. The molecule has 1 aromatic carbocycles. The van der Waals surface area contributed by atoms with E-state index in [1.54, 1.807) is 13.2 Å². The molecule has 4 rings (SSSR count). The van der Waals surface area contributed by atoms with Crippen LogP contribution in [0.4, 0.5) is 0 Å². The van der Waals surface area contributed by atoms with E-state index in [-0.39, 0.29) is 24.0 Å². The average Bonchev–Trinajstić information content (AvgIpc) is 3.16. The number of allylic oxidation sites excluding steroid dienone is 4. The van der Waals surface area contributed by atoms with Crippen LogP contribution in [0.5, 0.6) is 17.2 Å². The Balaban J connectivity index is 1.59. The van der Waals surface area contributed by atoms with Crippen molar-refractivity contribution in [2.75, 3.05) is 27.5 Å². The molecule has 5 heteroatoms. The van der Waals surface area contributed by atoms with Crippen LogP contribution in [0, 0.1) is 11.3 Å². The lowest BCUT2D eigenvalue weighted by molar-refractivity contribution is -0.115. The molecule has 0 spiro atoms. The zero-order chi connectivity index (χ0) is 21.5. The van der Waals surface area contributed by atoms with Crippen LogP contribution in [0.3, 0.4) is 0 Å². The van der Waals surface area contributed by atoms with Crippen LogP contribution >= 0.6 is 0 Å². The first-order chi connectivity index (χ1) is 14.3. The minimum Gasteiger partial charge on any atom is -0.492 e.